The molecule has 2 atom stereocenters. The van der Waals surface area contributed by atoms with Crippen molar-refractivity contribution in [2.75, 3.05) is 14.2 Å². The predicted molar refractivity (Wildman–Crippen MR) is 78.6 cm³/mol. The van der Waals surface area contributed by atoms with E-state index in [1.54, 1.807) is 30.1 Å². The molecule has 20 heavy (non-hydrogen) atoms. The first-order valence-corrected chi connectivity index (χ1v) is 6.77. The van der Waals surface area contributed by atoms with Crippen LogP contribution in [0.4, 0.5) is 0 Å². The third-order valence-electron chi connectivity index (χ3n) is 3.58. The molecule has 1 rings (SSSR count). The minimum Gasteiger partial charge on any atom is -0.504 e. The SMILES string of the molecule is CC[C@H](C)[C@H](N)C(=O)N(C)Cc1ccc(O)c(OC)c1. The average molecular weight is 280 g/mol. The molecule has 0 unspecified atom stereocenters. The molecule has 3 N–H and O–H groups in total. The number of hydrogen-bond acceptors (Lipinski definition) is 4. The zero-order valence-electron chi connectivity index (χ0n) is 12.6. The van der Waals surface area contributed by atoms with Gasteiger partial charge in [0.2, 0.25) is 5.91 Å². The van der Waals surface area contributed by atoms with E-state index < -0.39 is 6.04 Å². The van der Waals surface area contributed by atoms with Gasteiger partial charge in [-0.3, -0.25) is 4.79 Å². The van der Waals surface area contributed by atoms with Gasteiger partial charge in [0.1, 0.15) is 0 Å². The van der Waals surface area contributed by atoms with E-state index in [2.05, 4.69) is 0 Å². The molecule has 5 nitrogen and oxygen atoms in total. The van der Waals surface area contributed by atoms with Crippen LogP contribution < -0.4 is 10.5 Å². The van der Waals surface area contributed by atoms with Gasteiger partial charge in [-0.1, -0.05) is 26.3 Å². The Bertz CT molecular complexity index is 462. The number of phenolic OH excluding ortho intramolecular Hbond substituents is 1. The molecule has 0 aliphatic heterocycles. The summed E-state index contributed by atoms with van der Waals surface area (Å²) in [6, 6.07) is 4.55. The third kappa shape index (κ3) is 3.87. The van der Waals surface area contributed by atoms with Crippen molar-refractivity contribution in [2.45, 2.75) is 32.9 Å². The lowest BCUT2D eigenvalue weighted by Gasteiger charge is -2.24. The number of nitrogens with two attached hydrogens (primary N) is 1. The summed E-state index contributed by atoms with van der Waals surface area (Å²) in [5.41, 5.74) is 6.83. The summed E-state index contributed by atoms with van der Waals surface area (Å²) < 4.78 is 5.05. The lowest BCUT2D eigenvalue weighted by molar-refractivity contribution is -0.132. The van der Waals surface area contributed by atoms with Gasteiger partial charge >= 0.3 is 0 Å². The second-order valence-electron chi connectivity index (χ2n) is 5.11. The molecular weight excluding hydrogens is 256 g/mol. The van der Waals surface area contributed by atoms with Gasteiger partial charge in [0.15, 0.2) is 11.5 Å². The topological polar surface area (TPSA) is 75.8 Å². The van der Waals surface area contributed by atoms with E-state index in [9.17, 15) is 9.90 Å². The molecule has 112 valence electrons. The first-order chi connectivity index (χ1) is 9.40. The fourth-order valence-corrected chi connectivity index (χ4v) is 1.92. The van der Waals surface area contributed by atoms with E-state index >= 15 is 0 Å². The number of rotatable bonds is 6. The Morgan fingerprint density at radius 1 is 1.50 bits per heavy atom. The van der Waals surface area contributed by atoms with Crippen LogP contribution in [0.1, 0.15) is 25.8 Å². The third-order valence-corrected chi connectivity index (χ3v) is 3.58. The summed E-state index contributed by atoms with van der Waals surface area (Å²) in [6.07, 6.45) is 0.869. The van der Waals surface area contributed by atoms with E-state index in [0.717, 1.165) is 12.0 Å². The van der Waals surface area contributed by atoms with Gasteiger partial charge in [0, 0.05) is 13.6 Å². The number of carbonyl (C=O) groups excluding carboxylic acids is 1. The molecule has 0 saturated carbocycles. The molecule has 0 spiro atoms. The molecule has 1 amide bonds. The smallest absolute Gasteiger partial charge is 0.239 e. The summed E-state index contributed by atoms with van der Waals surface area (Å²) >= 11 is 0. The van der Waals surface area contributed by atoms with Gasteiger partial charge in [-0.25, -0.2) is 0 Å². The number of ether oxygens (including phenoxy) is 1. The number of benzene rings is 1. The second kappa shape index (κ2) is 7.14. The molecule has 0 fully saturated rings. The van der Waals surface area contributed by atoms with E-state index in [1.165, 1.54) is 7.11 Å². The van der Waals surface area contributed by atoms with Gasteiger partial charge in [0.05, 0.1) is 13.2 Å². The highest BCUT2D eigenvalue weighted by Gasteiger charge is 2.22. The number of carbonyl (C=O) groups is 1. The zero-order valence-corrected chi connectivity index (χ0v) is 12.6. The molecule has 0 heterocycles. The predicted octanol–water partition coefficient (Wildman–Crippen LogP) is 1.73. The van der Waals surface area contributed by atoms with Crippen LogP contribution in [0.5, 0.6) is 11.5 Å². The summed E-state index contributed by atoms with van der Waals surface area (Å²) in [5.74, 6) is 0.557. The van der Waals surface area contributed by atoms with Crippen molar-refractivity contribution < 1.29 is 14.6 Å². The van der Waals surface area contributed by atoms with Crippen molar-refractivity contribution in [2.24, 2.45) is 11.7 Å². The minimum atomic E-state index is -0.482. The van der Waals surface area contributed by atoms with E-state index in [0.29, 0.717) is 12.3 Å². The minimum absolute atomic E-state index is 0.0774. The number of aromatic hydroxyl groups is 1. The van der Waals surface area contributed by atoms with Crippen molar-refractivity contribution in [3.8, 4) is 11.5 Å². The highest BCUT2D eigenvalue weighted by atomic mass is 16.5. The number of nitrogens with zero attached hydrogens (tertiary/aromatic N) is 1. The van der Waals surface area contributed by atoms with Gasteiger partial charge in [-0.05, 0) is 23.6 Å². The standard InChI is InChI=1S/C15H24N2O3/c1-5-10(2)14(16)15(19)17(3)9-11-6-7-12(18)13(8-11)20-4/h6-8,10,14,18H,5,9,16H2,1-4H3/t10-,14-/m0/s1. The van der Waals surface area contributed by atoms with Crippen molar-refractivity contribution in [1.82, 2.24) is 4.90 Å². The monoisotopic (exact) mass is 280 g/mol. The van der Waals surface area contributed by atoms with Crippen LogP contribution in [-0.2, 0) is 11.3 Å². The maximum Gasteiger partial charge on any atom is 0.239 e. The molecule has 0 aliphatic rings. The maximum absolute atomic E-state index is 12.2. The first kappa shape index (κ1) is 16.3. The molecule has 0 aromatic heterocycles. The lowest BCUT2D eigenvalue weighted by Crippen LogP contribution is -2.45. The Balaban J connectivity index is 2.75. The summed E-state index contributed by atoms with van der Waals surface area (Å²) in [4.78, 5) is 13.8. The normalized spacial score (nSPS) is 13.7. The molecule has 1 aromatic rings. The Morgan fingerprint density at radius 2 is 2.15 bits per heavy atom. The molecule has 0 saturated heterocycles. The number of hydrogen-bond donors (Lipinski definition) is 2. The summed E-state index contributed by atoms with van der Waals surface area (Å²) in [5, 5.41) is 9.55. The number of methoxy groups -OCH3 is 1. The number of amides is 1. The molecule has 0 aliphatic carbocycles. The van der Waals surface area contributed by atoms with Gasteiger partial charge in [0.25, 0.3) is 0 Å². The maximum atomic E-state index is 12.2. The van der Waals surface area contributed by atoms with Crippen LogP contribution in [0.2, 0.25) is 0 Å². The van der Waals surface area contributed by atoms with Gasteiger partial charge in [-0.2, -0.15) is 0 Å². The molecular formula is C15H24N2O3. The lowest BCUT2D eigenvalue weighted by atomic mass is 9.99. The van der Waals surface area contributed by atoms with Crippen LogP contribution in [-0.4, -0.2) is 36.1 Å². The zero-order chi connectivity index (χ0) is 15.3. The van der Waals surface area contributed by atoms with Crippen LogP contribution >= 0.6 is 0 Å². The van der Waals surface area contributed by atoms with Crippen LogP contribution in [0.15, 0.2) is 18.2 Å². The molecule has 1 aromatic carbocycles. The fourth-order valence-electron chi connectivity index (χ4n) is 1.92. The highest BCUT2D eigenvalue weighted by Crippen LogP contribution is 2.26. The Labute approximate surface area is 120 Å². The largest absolute Gasteiger partial charge is 0.504 e. The van der Waals surface area contributed by atoms with E-state index in [1.807, 2.05) is 13.8 Å². The quantitative estimate of drug-likeness (QED) is 0.832. The summed E-state index contributed by atoms with van der Waals surface area (Å²) in [7, 11) is 3.22. The van der Waals surface area contributed by atoms with Crippen LogP contribution in [0, 0.1) is 5.92 Å². The summed E-state index contributed by atoms with van der Waals surface area (Å²) in [6.45, 7) is 4.42. The number of phenols is 1. The molecule has 0 bridgehead atoms. The average Bonchev–Trinajstić information content (AvgIpc) is 2.46. The van der Waals surface area contributed by atoms with Crippen molar-refractivity contribution >= 4 is 5.91 Å². The van der Waals surface area contributed by atoms with Crippen LogP contribution in [0.3, 0.4) is 0 Å². The Kier molecular flexibility index (Phi) is 5.82. The van der Waals surface area contributed by atoms with Gasteiger partial charge < -0.3 is 20.5 Å². The molecule has 0 radical (unpaired) electrons. The number of likely N-dealkylation sites (N-methyl/N-ethyl adjacent to an activating group) is 1. The second-order valence-corrected chi connectivity index (χ2v) is 5.11. The molecule has 5 heteroatoms. The first-order valence-electron chi connectivity index (χ1n) is 6.77. The van der Waals surface area contributed by atoms with Gasteiger partial charge in [-0.15, -0.1) is 0 Å². The van der Waals surface area contributed by atoms with Crippen molar-refractivity contribution in [3.63, 3.8) is 0 Å². The van der Waals surface area contributed by atoms with E-state index in [4.69, 9.17) is 10.5 Å². The Hall–Kier alpha value is -1.75. The van der Waals surface area contributed by atoms with Crippen molar-refractivity contribution in [3.05, 3.63) is 23.8 Å². The highest BCUT2D eigenvalue weighted by molar-refractivity contribution is 5.81. The fraction of sp³-hybridized carbons (Fsp3) is 0.533. The van der Waals surface area contributed by atoms with Crippen LogP contribution in [0.25, 0.3) is 0 Å². The van der Waals surface area contributed by atoms with Crippen molar-refractivity contribution in [1.29, 1.82) is 0 Å². The van der Waals surface area contributed by atoms with E-state index in [-0.39, 0.29) is 17.6 Å². The Morgan fingerprint density at radius 3 is 2.70 bits per heavy atom.